The molecule has 0 radical (unpaired) electrons. The zero-order valence-electron chi connectivity index (χ0n) is 23.9. The molecular formula is C29H47NaO7S. The van der Waals surface area contributed by atoms with Crippen LogP contribution in [-0.4, -0.2) is 43.4 Å². The van der Waals surface area contributed by atoms with Crippen LogP contribution < -0.4 is 29.6 Å². The summed E-state index contributed by atoms with van der Waals surface area (Å²) in [6.07, 6.45) is 18.8. The van der Waals surface area contributed by atoms with Crippen LogP contribution in [0.25, 0.3) is 0 Å². The van der Waals surface area contributed by atoms with Crippen molar-refractivity contribution in [1.29, 1.82) is 0 Å². The normalized spacial score (nSPS) is 12.0. The van der Waals surface area contributed by atoms with Crippen LogP contribution in [0.5, 0.6) is 0 Å². The summed E-state index contributed by atoms with van der Waals surface area (Å²) in [7, 11) is -4.43. The molecule has 0 aliphatic carbocycles. The van der Waals surface area contributed by atoms with Gasteiger partial charge in [-0.05, 0) is 31.9 Å². The van der Waals surface area contributed by atoms with Gasteiger partial charge in [0.2, 0.25) is 0 Å². The first kappa shape index (κ1) is 37.1. The van der Waals surface area contributed by atoms with Crippen molar-refractivity contribution in [2.75, 3.05) is 13.2 Å². The molecular weight excluding hydrogens is 515 g/mol. The summed E-state index contributed by atoms with van der Waals surface area (Å²) < 4.78 is 43.3. The van der Waals surface area contributed by atoms with Crippen molar-refractivity contribution >= 4 is 22.1 Å². The monoisotopic (exact) mass is 562 g/mol. The van der Waals surface area contributed by atoms with Crippen molar-refractivity contribution < 1.29 is 61.6 Å². The van der Waals surface area contributed by atoms with Gasteiger partial charge in [-0.25, -0.2) is 18.0 Å². The van der Waals surface area contributed by atoms with Crippen LogP contribution in [0.4, 0.5) is 0 Å². The van der Waals surface area contributed by atoms with Gasteiger partial charge >= 0.3 is 41.5 Å². The molecule has 7 nitrogen and oxygen atoms in total. The summed E-state index contributed by atoms with van der Waals surface area (Å²) in [4.78, 5) is 24.8. The molecule has 0 fully saturated rings. The van der Waals surface area contributed by atoms with Crippen LogP contribution in [-0.2, 0) is 19.6 Å². The SMILES string of the molecule is CCCCCCCCCCCCCCCCCOC(=O)c1ccccc1C(=O)OCCC(C)S(=O)(=O)[O-].[Na+]. The molecule has 0 spiro atoms. The first-order valence-electron chi connectivity index (χ1n) is 14.1. The molecule has 0 aromatic heterocycles. The molecule has 0 saturated heterocycles. The summed E-state index contributed by atoms with van der Waals surface area (Å²) in [5.74, 6) is -1.34. The van der Waals surface area contributed by atoms with E-state index >= 15 is 0 Å². The maximum absolute atomic E-state index is 12.5. The Hall–Kier alpha value is -0.930. The quantitative estimate of drug-likeness (QED) is 0.0902. The van der Waals surface area contributed by atoms with Crippen molar-refractivity contribution in [3.8, 4) is 0 Å². The van der Waals surface area contributed by atoms with E-state index in [1.807, 2.05) is 0 Å². The van der Waals surface area contributed by atoms with E-state index in [2.05, 4.69) is 6.92 Å². The molecule has 0 bridgehead atoms. The van der Waals surface area contributed by atoms with Crippen LogP contribution in [0.3, 0.4) is 0 Å². The number of ether oxygens (including phenoxy) is 2. The van der Waals surface area contributed by atoms with Gasteiger partial charge in [-0.15, -0.1) is 0 Å². The second kappa shape index (κ2) is 22.8. The predicted octanol–water partition coefficient (Wildman–Crippen LogP) is 4.20. The molecule has 0 amide bonds. The van der Waals surface area contributed by atoms with Crippen LogP contribution in [0.2, 0.25) is 0 Å². The zero-order chi connectivity index (χ0) is 27.4. The van der Waals surface area contributed by atoms with Gasteiger partial charge in [0.1, 0.15) is 0 Å². The molecule has 1 aromatic rings. The van der Waals surface area contributed by atoms with Crippen LogP contribution >= 0.6 is 0 Å². The maximum Gasteiger partial charge on any atom is 1.00 e. The number of rotatable bonds is 22. The standard InChI is InChI=1S/C29H48O7S.Na/c1-3-4-5-6-7-8-9-10-11-12-13-14-15-16-19-23-35-28(30)26-20-17-18-21-27(26)29(31)36-24-22-25(2)37(32,33)34;/h17-18,20-21,25H,3-16,19,22-24H2,1-2H3,(H,32,33,34);/q;+1/p-1. The Morgan fingerprint density at radius 3 is 1.47 bits per heavy atom. The first-order chi connectivity index (χ1) is 17.8. The fraction of sp³-hybridized carbons (Fsp3) is 0.724. The Balaban J connectivity index is 0.0000137. The number of unbranched alkanes of at least 4 members (excludes halogenated alkanes) is 14. The van der Waals surface area contributed by atoms with Crippen molar-refractivity contribution in [2.45, 2.75) is 122 Å². The number of hydrogen-bond acceptors (Lipinski definition) is 7. The van der Waals surface area contributed by atoms with Crippen molar-refractivity contribution in [3.63, 3.8) is 0 Å². The second-order valence-corrected chi connectivity index (χ2v) is 11.6. The summed E-state index contributed by atoms with van der Waals surface area (Å²) >= 11 is 0. The third-order valence-electron chi connectivity index (χ3n) is 6.60. The molecule has 0 aliphatic heterocycles. The molecule has 1 aromatic carbocycles. The van der Waals surface area contributed by atoms with Gasteiger partial charge in [0, 0.05) is 5.25 Å². The molecule has 0 saturated carbocycles. The van der Waals surface area contributed by atoms with Gasteiger partial charge in [-0.1, -0.05) is 109 Å². The molecule has 1 rings (SSSR count). The summed E-state index contributed by atoms with van der Waals surface area (Å²) in [5, 5.41) is -1.16. The van der Waals surface area contributed by atoms with E-state index in [1.165, 1.54) is 96.1 Å². The number of carbonyl (C=O) groups excluding carboxylic acids is 2. The molecule has 9 heteroatoms. The summed E-state index contributed by atoms with van der Waals surface area (Å²) in [6.45, 7) is 3.57. The van der Waals surface area contributed by atoms with Crippen molar-refractivity contribution in [3.05, 3.63) is 35.4 Å². The van der Waals surface area contributed by atoms with Crippen molar-refractivity contribution in [1.82, 2.24) is 0 Å². The number of hydrogen-bond donors (Lipinski definition) is 0. The van der Waals surface area contributed by atoms with Crippen molar-refractivity contribution in [2.24, 2.45) is 0 Å². The molecule has 38 heavy (non-hydrogen) atoms. The summed E-state index contributed by atoms with van der Waals surface area (Å²) in [5.41, 5.74) is 0.166. The molecule has 0 N–H and O–H groups in total. The van der Waals surface area contributed by atoms with Gasteiger partial charge in [-0.2, -0.15) is 0 Å². The maximum atomic E-state index is 12.5. The number of esters is 2. The van der Waals surface area contributed by atoms with E-state index in [0.717, 1.165) is 19.3 Å². The largest absolute Gasteiger partial charge is 1.00 e. The molecule has 0 heterocycles. The molecule has 212 valence electrons. The number of benzene rings is 1. The fourth-order valence-corrected chi connectivity index (χ4v) is 4.48. The Morgan fingerprint density at radius 1 is 0.711 bits per heavy atom. The average molecular weight is 563 g/mol. The van der Waals surface area contributed by atoms with Gasteiger partial charge in [0.25, 0.3) is 0 Å². The average Bonchev–Trinajstić information content (AvgIpc) is 2.87. The smallest absolute Gasteiger partial charge is 0.748 e. The van der Waals surface area contributed by atoms with Gasteiger partial charge in [-0.3, -0.25) is 0 Å². The van der Waals surface area contributed by atoms with Gasteiger partial charge in [0.15, 0.2) is 0 Å². The Morgan fingerprint density at radius 2 is 1.08 bits per heavy atom. The predicted molar refractivity (Wildman–Crippen MR) is 146 cm³/mol. The summed E-state index contributed by atoms with van der Waals surface area (Å²) in [6, 6.07) is 6.19. The Bertz CT molecular complexity index is 873. The molecule has 0 aliphatic rings. The number of carbonyl (C=O) groups is 2. The van der Waals surface area contributed by atoms with E-state index in [9.17, 15) is 22.6 Å². The van der Waals surface area contributed by atoms with E-state index in [4.69, 9.17) is 9.47 Å². The third-order valence-corrected chi connectivity index (χ3v) is 7.82. The van der Waals surface area contributed by atoms with Crippen LogP contribution in [0.1, 0.15) is 137 Å². The second-order valence-electron chi connectivity index (χ2n) is 9.86. The molecule has 1 atom stereocenters. The zero-order valence-corrected chi connectivity index (χ0v) is 26.7. The molecule has 1 unspecified atom stereocenters. The van der Waals surface area contributed by atoms with Gasteiger partial charge < -0.3 is 14.0 Å². The Kier molecular flexibility index (Phi) is 22.3. The van der Waals surface area contributed by atoms with E-state index in [-0.39, 0.29) is 53.7 Å². The van der Waals surface area contributed by atoms with Crippen LogP contribution in [0, 0.1) is 0 Å². The van der Waals surface area contributed by atoms with E-state index < -0.39 is 27.3 Å². The minimum Gasteiger partial charge on any atom is -0.748 e. The van der Waals surface area contributed by atoms with Gasteiger partial charge in [0.05, 0.1) is 34.5 Å². The minimum atomic E-state index is -4.43. The third kappa shape index (κ3) is 17.6. The topological polar surface area (TPSA) is 110 Å². The Labute approximate surface area is 252 Å². The van der Waals surface area contributed by atoms with E-state index in [0.29, 0.717) is 6.61 Å². The first-order valence-corrected chi connectivity index (χ1v) is 15.6. The van der Waals surface area contributed by atoms with E-state index in [1.54, 1.807) is 12.1 Å². The fourth-order valence-electron chi connectivity index (χ4n) is 4.09. The van der Waals surface area contributed by atoms with Crippen LogP contribution in [0.15, 0.2) is 24.3 Å². The minimum absolute atomic E-state index is 0.